The first-order valence-electron chi connectivity index (χ1n) is 7.20. The third-order valence-corrected chi connectivity index (χ3v) is 6.47. The predicted molar refractivity (Wildman–Crippen MR) is 68.8 cm³/mol. The Labute approximate surface area is 109 Å². The maximum Gasteiger partial charge on any atom is 0.188 e. The van der Waals surface area contributed by atoms with E-state index in [-0.39, 0.29) is 11.8 Å². The van der Waals surface area contributed by atoms with E-state index in [0.717, 1.165) is 17.9 Å². The number of ether oxygens (including phenoxy) is 1. The molecule has 2 heterocycles. The number of aliphatic hydroxyl groups excluding tert-OH is 1. The van der Waals surface area contributed by atoms with Gasteiger partial charge in [-0.2, -0.15) is 0 Å². The molecule has 2 bridgehead atoms. The van der Waals surface area contributed by atoms with Crippen molar-refractivity contribution < 1.29 is 9.84 Å². The second kappa shape index (κ2) is 2.90. The minimum absolute atomic E-state index is 0.0579. The molecule has 0 aromatic rings. The molecule has 0 radical (unpaired) electrons. The molecule has 0 aromatic heterocycles. The van der Waals surface area contributed by atoms with Gasteiger partial charge in [-0.05, 0) is 49.5 Å². The highest BCUT2D eigenvalue weighted by Gasteiger charge is 2.69. The van der Waals surface area contributed by atoms with E-state index in [1.807, 2.05) is 6.92 Å². The minimum atomic E-state index is -0.0579. The van der Waals surface area contributed by atoms with Crippen LogP contribution in [0.15, 0.2) is 11.5 Å². The van der Waals surface area contributed by atoms with Crippen molar-refractivity contribution in [1.29, 1.82) is 0 Å². The van der Waals surface area contributed by atoms with Gasteiger partial charge in [-0.25, -0.2) is 0 Å². The van der Waals surface area contributed by atoms with E-state index in [1.165, 1.54) is 12.8 Å². The fourth-order valence-corrected chi connectivity index (χ4v) is 5.22. The summed E-state index contributed by atoms with van der Waals surface area (Å²) in [6.45, 7) is 9.07. The van der Waals surface area contributed by atoms with Gasteiger partial charge in [0.25, 0.3) is 0 Å². The van der Waals surface area contributed by atoms with Gasteiger partial charge in [-0.1, -0.05) is 13.8 Å². The van der Waals surface area contributed by atoms with Gasteiger partial charge in [0.2, 0.25) is 0 Å². The highest BCUT2D eigenvalue weighted by Crippen LogP contribution is 2.67. The van der Waals surface area contributed by atoms with Crippen LogP contribution < -0.4 is 0 Å². The third kappa shape index (κ3) is 0.987. The molecule has 1 saturated heterocycles. The van der Waals surface area contributed by atoms with Crippen molar-refractivity contribution >= 4 is 0 Å². The first kappa shape index (κ1) is 11.2. The smallest absolute Gasteiger partial charge is 0.188 e. The summed E-state index contributed by atoms with van der Waals surface area (Å²) >= 11 is 0. The van der Waals surface area contributed by atoms with Crippen LogP contribution in [-0.4, -0.2) is 27.9 Å². The van der Waals surface area contributed by atoms with Crippen LogP contribution in [0.5, 0.6) is 0 Å². The molecule has 0 unspecified atom stereocenters. The Morgan fingerprint density at radius 3 is 2.67 bits per heavy atom. The molecule has 2 aliphatic heterocycles. The second-order valence-electron chi connectivity index (χ2n) is 7.53. The number of nitrogens with zero attached hydrogens (tertiary/aromatic N) is 1. The second-order valence-corrected chi connectivity index (χ2v) is 7.53. The Hall–Kier alpha value is -0.700. The van der Waals surface area contributed by atoms with Crippen LogP contribution in [0.25, 0.3) is 0 Å². The molecule has 0 aromatic carbocycles. The predicted octanol–water partition coefficient (Wildman–Crippen LogP) is 3.03. The molecule has 1 N–H and O–H groups in total. The summed E-state index contributed by atoms with van der Waals surface area (Å²) in [5.74, 6) is 1.94. The average Bonchev–Trinajstić information content (AvgIpc) is 2.71. The van der Waals surface area contributed by atoms with E-state index in [0.29, 0.717) is 23.3 Å². The van der Waals surface area contributed by atoms with Crippen LogP contribution >= 0.6 is 0 Å². The lowest BCUT2D eigenvalue weighted by Gasteiger charge is -2.65. The molecule has 100 valence electrons. The number of aliphatic hydroxyl groups is 1. The Morgan fingerprint density at radius 2 is 2.00 bits per heavy atom. The van der Waals surface area contributed by atoms with Crippen molar-refractivity contribution in [3.05, 3.63) is 11.5 Å². The third-order valence-electron chi connectivity index (χ3n) is 6.47. The van der Waals surface area contributed by atoms with Crippen LogP contribution in [-0.2, 0) is 4.74 Å². The maximum absolute atomic E-state index is 10.3. The molecule has 4 fully saturated rings. The molecular formula is C15H23NO2. The lowest BCUT2D eigenvalue weighted by Crippen LogP contribution is -2.66. The van der Waals surface area contributed by atoms with Gasteiger partial charge >= 0.3 is 0 Å². The van der Waals surface area contributed by atoms with Crippen LogP contribution in [0.1, 0.15) is 47.0 Å². The molecule has 3 nitrogen and oxygen atoms in total. The van der Waals surface area contributed by atoms with Crippen LogP contribution in [0.4, 0.5) is 0 Å². The molecular weight excluding hydrogens is 226 g/mol. The summed E-state index contributed by atoms with van der Waals surface area (Å²) in [6, 6.07) is 0.386. The lowest BCUT2D eigenvalue weighted by molar-refractivity contribution is -0.208. The number of fused-ring (bicyclic) bond motifs is 1. The number of rotatable bonds is 0. The summed E-state index contributed by atoms with van der Waals surface area (Å²) in [5.41, 5.74) is 1.44. The number of hydrogen-bond acceptors (Lipinski definition) is 3. The zero-order valence-corrected chi connectivity index (χ0v) is 11.7. The molecule has 18 heavy (non-hydrogen) atoms. The van der Waals surface area contributed by atoms with Gasteiger partial charge in [0.05, 0.1) is 11.6 Å². The van der Waals surface area contributed by atoms with Gasteiger partial charge in [-0.15, -0.1) is 0 Å². The van der Waals surface area contributed by atoms with E-state index in [1.54, 1.807) is 0 Å². The molecule has 0 amide bonds. The van der Waals surface area contributed by atoms with E-state index >= 15 is 0 Å². The molecule has 3 heteroatoms. The average molecular weight is 249 g/mol. The first-order chi connectivity index (χ1) is 8.35. The lowest BCUT2D eigenvalue weighted by atomic mass is 9.43. The molecule has 0 spiro atoms. The Bertz CT molecular complexity index is 455. The summed E-state index contributed by atoms with van der Waals surface area (Å²) in [6.07, 6.45) is 3.45. The molecule has 5 atom stereocenters. The summed E-state index contributed by atoms with van der Waals surface area (Å²) in [4.78, 5) is 2.17. The summed E-state index contributed by atoms with van der Waals surface area (Å²) in [7, 11) is 0. The van der Waals surface area contributed by atoms with Gasteiger partial charge in [-0.3, -0.25) is 0 Å². The van der Waals surface area contributed by atoms with Gasteiger partial charge in [0.15, 0.2) is 5.88 Å². The van der Waals surface area contributed by atoms with E-state index in [4.69, 9.17) is 4.74 Å². The topological polar surface area (TPSA) is 32.7 Å². The Balaban J connectivity index is 1.74. The van der Waals surface area contributed by atoms with Crippen molar-refractivity contribution in [2.45, 2.75) is 64.8 Å². The minimum Gasteiger partial charge on any atom is -0.495 e. The highest BCUT2D eigenvalue weighted by atomic mass is 16.5. The fraction of sp³-hybridized carbons (Fsp3) is 0.867. The highest BCUT2D eigenvalue weighted by molar-refractivity contribution is 5.25. The first-order valence-corrected chi connectivity index (χ1v) is 7.20. The summed E-state index contributed by atoms with van der Waals surface area (Å²) in [5, 5.41) is 10.3. The molecule has 5 aliphatic rings. The quantitative estimate of drug-likeness (QED) is 0.716. The van der Waals surface area contributed by atoms with Crippen molar-refractivity contribution in [1.82, 2.24) is 4.90 Å². The van der Waals surface area contributed by atoms with Crippen molar-refractivity contribution in [3.63, 3.8) is 0 Å². The zero-order valence-electron chi connectivity index (χ0n) is 11.7. The van der Waals surface area contributed by atoms with E-state index in [9.17, 15) is 5.11 Å². The molecule has 3 saturated carbocycles. The van der Waals surface area contributed by atoms with Crippen LogP contribution in [0.2, 0.25) is 0 Å². The van der Waals surface area contributed by atoms with Gasteiger partial charge < -0.3 is 14.7 Å². The standard InChI is InChI=1S/C15H23NO2/c1-8-5-12-16(13(8)17)11-7-9-6-10(14(9,2)3)15(11,4)18-12/h9-12,17H,5-7H2,1-4H3/t9-,10-,11+,12-,15-/m1/s1. The molecule has 3 aliphatic carbocycles. The van der Waals surface area contributed by atoms with Crippen molar-refractivity contribution in [2.75, 3.05) is 0 Å². The summed E-state index contributed by atoms with van der Waals surface area (Å²) < 4.78 is 6.43. The van der Waals surface area contributed by atoms with Crippen molar-refractivity contribution in [3.8, 4) is 0 Å². The van der Waals surface area contributed by atoms with Gasteiger partial charge in [0.1, 0.15) is 6.23 Å². The van der Waals surface area contributed by atoms with E-state index in [2.05, 4.69) is 25.7 Å². The Kier molecular flexibility index (Phi) is 1.79. The van der Waals surface area contributed by atoms with E-state index < -0.39 is 0 Å². The normalized spacial score (nSPS) is 52.1. The fourth-order valence-electron chi connectivity index (χ4n) is 5.22. The monoisotopic (exact) mass is 249 g/mol. The molecule has 5 rings (SSSR count). The zero-order chi connectivity index (χ0) is 12.9. The van der Waals surface area contributed by atoms with Crippen molar-refractivity contribution in [2.24, 2.45) is 17.3 Å². The van der Waals surface area contributed by atoms with Gasteiger partial charge in [0, 0.05) is 6.42 Å². The van der Waals surface area contributed by atoms with Crippen LogP contribution in [0.3, 0.4) is 0 Å². The largest absolute Gasteiger partial charge is 0.495 e. The maximum atomic E-state index is 10.3. The Morgan fingerprint density at radius 1 is 1.28 bits per heavy atom. The van der Waals surface area contributed by atoms with Crippen LogP contribution in [0, 0.1) is 17.3 Å². The SMILES string of the molecule is CC1=C(O)N2[C@H]3C[C@H]4C[C@H](C4(C)C)[C@@]3(C)O[C@@H]2C1. The number of hydrogen-bond donors (Lipinski definition) is 1.